The Bertz CT molecular complexity index is 436. The van der Waals surface area contributed by atoms with E-state index in [1.54, 1.807) is 12.1 Å². The average Bonchev–Trinajstić information content (AvgIpc) is 2.83. The van der Waals surface area contributed by atoms with Gasteiger partial charge in [-0.05, 0) is 24.1 Å². The van der Waals surface area contributed by atoms with E-state index in [9.17, 15) is 8.42 Å². The molecule has 76 valence electrons. The molecule has 1 aromatic carbocycles. The topological polar surface area (TPSA) is 34.1 Å². The highest BCUT2D eigenvalue weighted by Gasteiger charge is 2.45. The van der Waals surface area contributed by atoms with Crippen LogP contribution < -0.4 is 0 Å². The second kappa shape index (κ2) is 3.24. The molecule has 2 atom stereocenters. The smallest absolute Gasteiger partial charge is 0.150 e. The van der Waals surface area contributed by atoms with Crippen molar-refractivity contribution >= 4 is 21.4 Å². The van der Waals surface area contributed by atoms with Crippen LogP contribution in [-0.2, 0) is 9.84 Å². The standard InChI is InChI=1S/C10H11ClO2S/c1-14(12,13)10-6-9(10)7-2-4-8(11)5-3-7/h2-5,9-10H,6H2,1H3/t9-,10-/m1/s1. The van der Waals surface area contributed by atoms with E-state index in [1.807, 2.05) is 12.1 Å². The van der Waals surface area contributed by atoms with Crippen LogP contribution in [0.1, 0.15) is 17.9 Å². The molecule has 1 aliphatic carbocycles. The van der Waals surface area contributed by atoms with Crippen LogP contribution in [0.15, 0.2) is 24.3 Å². The molecule has 1 aromatic rings. The van der Waals surface area contributed by atoms with Gasteiger partial charge in [-0.2, -0.15) is 0 Å². The fourth-order valence-electron chi connectivity index (χ4n) is 1.71. The maximum absolute atomic E-state index is 11.2. The van der Waals surface area contributed by atoms with Crippen molar-refractivity contribution < 1.29 is 8.42 Å². The minimum atomic E-state index is -2.87. The van der Waals surface area contributed by atoms with Crippen LogP contribution in [0.25, 0.3) is 0 Å². The quantitative estimate of drug-likeness (QED) is 0.781. The molecule has 1 aliphatic rings. The normalized spacial score (nSPS) is 26.1. The molecule has 1 saturated carbocycles. The van der Waals surface area contributed by atoms with Crippen molar-refractivity contribution in [3.05, 3.63) is 34.9 Å². The lowest BCUT2D eigenvalue weighted by Gasteiger charge is -1.99. The predicted octanol–water partition coefficient (Wildman–Crippen LogP) is 2.24. The SMILES string of the molecule is CS(=O)(=O)[C@@H]1C[C@@H]1c1ccc(Cl)cc1. The summed E-state index contributed by atoms with van der Waals surface area (Å²) < 4.78 is 22.4. The number of benzene rings is 1. The maximum atomic E-state index is 11.2. The summed E-state index contributed by atoms with van der Waals surface area (Å²) in [4.78, 5) is 0. The Morgan fingerprint density at radius 3 is 2.29 bits per heavy atom. The van der Waals surface area contributed by atoms with Crippen LogP contribution in [-0.4, -0.2) is 19.9 Å². The van der Waals surface area contributed by atoms with Crippen LogP contribution in [0.4, 0.5) is 0 Å². The van der Waals surface area contributed by atoms with Crippen molar-refractivity contribution in [2.75, 3.05) is 6.26 Å². The van der Waals surface area contributed by atoms with Gasteiger partial charge in [-0.25, -0.2) is 8.42 Å². The molecule has 0 unspecified atom stereocenters. The Labute approximate surface area is 88.8 Å². The molecular weight excluding hydrogens is 220 g/mol. The van der Waals surface area contributed by atoms with Gasteiger partial charge < -0.3 is 0 Å². The molecule has 2 rings (SSSR count). The van der Waals surface area contributed by atoms with Crippen LogP contribution in [0.2, 0.25) is 5.02 Å². The second-order valence-corrected chi connectivity index (χ2v) is 6.46. The number of sulfone groups is 1. The Hall–Kier alpha value is -0.540. The van der Waals surface area contributed by atoms with Crippen molar-refractivity contribution in [3.8, 4) is 0 Å². The summed E-state index contributed by atoms with van der Waals surface area (Å²) in [7, 11) is -2.87. The van der Waals surface area contributed by atoms with Crippen molar-refractivity contribution in [3.63, 3.8) is 0 Å². The van der Waals surface area contributed by atoms with Gasteiger partial charge in [-0.1, -0.05) is 23.7 Å². The molecule has 0 aromatic heterocycles. The first-order valence-electron chi connectivity index (χ1n) is 4.43. The third-order valence-corrected chi connectivity index (χ3v) is 4.45. The Kier molecular flexibility index (Phi) is 2.32. The third-order valence-electron chi connectivity index (χ3n) is 2.58. The summed E-state index contributed by atoms with van der Waals surface area (Å²) in [6, 6.07) is 7.40. The Morgan fingerprint density at radius 1 is 1.29 bits per heavy atom. The molecule has 4 heteroatoms. The maximum Gasteiger partial charge on any atom is 0.150 e. The van der Waals surface area contributed by atoms with Crippen LogP contribution in [0.5, 0.6) is 0 Å². The van der Waals surface area contributed by atoms with Crippen molar-refractivity contribution in [2.24, 2.45) is 0 Å². The molecule has 2 nitrogen and oxygen atoms in total. The highest BCUT2D eigenvalue weighted by atomic mass is 35.5. The minimum Gasteiger partial charge on any atom is -0.229 e. The summed E-state index contributed by atoms with van der Waals surface area (Å²) in [6.45, 7) is 0. The first-order chi connectivity index (χ1) is 6.48. The van der Waals surface area contributed by atoms with Gasteiger partial charge in [0.1, 0.15) is 0 Å². The molecular formula is C10H11ClO2S. The van der Waals surface area contributed by atoms with E-state index < -0.39 is 9.84 Å². The van der Waals surface area contributed by atoms with Crippen LogP contribution in [0.3, 0.4) is 0 Å². The minimum absolute atomic E-state index is 0.177. The highest BCUT2D eigenvalue weighted by molar-refractivity contribution is 7.91. The van der Waals surface area contributed by atoms with E-state index in [0.29, 0.717) is 5.02 Å². The Balaban J connectivity index is 2.18. The van der Waals surface area contributed by atoms with Gasteiger partial charge in [-0.3, -0.25) is 0 Å². The second-order valence-electron chi connectivity index (χ2n) is 3.76. The van der Waals surface area contributed by atoms with Crippen molar-refractivity contribution in [1.29, 1.82) is 0 Å². The van der Waals surface area contributed by atoms with Crippen LogP contribution in [0, 0.1) is 0 Å². The van der Waals surface area contributed by atoms with Gasteiger partial charge >= 0.3 is 0 Å². The first-order valence-corrected chi connectivity index (χ1v) is 6.76. The number of halogens is 1. The van der Waals surface area contributed by atoms with Crippen molar-refractivity contribution in [2.45, 2.75) is 17.6 Å². The molecule has 14 heavy (non-hydrogen) atoms. The molecule has 0 radical (unpaired) electrons. The number of hydrogen-bond donors (Lipinski definition) is 0. The lowest BCUT2D eigenvalue weighted by molar-refractivity contribution is 0.600. The molecule has 1 fully saturated rings. The van der Waals surface area contributed by atoms with E-state index in [4.69, 9.17) is 11.6 Å². The third kappa shape index (κ3) is 1.93. The molecule has 0 N–H and O–H groups in total. The average molecular weight is 231 g/mol. The Morgan fingerprint density at radius 2 is 1.86 bits per heavy atom. The largest absolute Gasteiger partial charge is 0.229 e. The van der Waals surface area contributed by atoms with Gasteiger partial charge in [-0.15, -0.1) is 0 Å². The van der Waals surface area contributed by atoms with Gasteiger partial charge in [0.2, 0.25) is 0 Å². The monoisotopic (exact) mass is 230 g/mol. The predicted molar refractivity (Wildman–Crippen MR) is 57.4 cm³/mol. The lowest BCUT2D eigenvalue weighted by atomic mass is 10.1. The molecule has 0 heterocycles. The van der Waals surface area contributed by atoms with E-state index in [1.165, 1.54) is 6.26 Å². The molecule has 0 amide bonds. The molecule has 0 spiro atoms. The van der Waals surface area contributed by atoms with Crippen molar-refractivity contribution in [1.82, 2.24) is 0 Å². The van der Waals surface area contributed by atoms with E-state index in [-0.39, 0.29) is 11.2 Å². The van der Waals surface area contributed by atoms with Gasteiger partial charge in [0.15, 0.2) is 9.84 Å². The zero-order chi connectivity index (χ0) is 10.3. The summed E-state index contributed by atoms with van der Waals surface area (Å²) in [5.74, 6) is 0.183. The molecule has 0 saturated heterocycles. The first kappa shape index (κ1) is 9.99. The molecule has 0 aliphatic heterocycles. The number of hydrogen-bond acceptors (Lipinski definition) is 2. The fourth-order valence-corrected chi connectivity index (χ4v) is 3.14. The van der Waals surface area contributed by atoms with E-state index >= 15 is 0 Å². The highest BCUT2D eigenvalue weighted by Crippen LogP contribution is 2.45. The summed E-state index contributed by atoms with van der Waals surface area (Å²) in [5, 5.41) is 0.508. The van der Waals surface area contributed by atoms with E-state index in [2.05, 4.69) is 0 Å². The van der Waals surface area contributed by atoms with Gasteiger partial charge in [0.05, 0.1) is 5.25 Å². The van der Waals surface area contributed by atoms with Gasteiger partial charge in [0.25, 0.3) is 0 Å². The van der Waals surface area contributed by atoms with Gasteiger partial charge in [0, 0.05) is 17.2 Å². The lowest BCUT2D eigenvalue weighted by Crippen LogP contribution is -2.04. The zero-order valence-corrected chi connectivity index (χ0v) is 9.35. The number of rotatable bonds is 2. The molecule has 0 bridgehead atoms. The van der Waals surface area contributed by atoms with E-state index in [0.717, 1.165) is 12.0 Å². The zero-order valence-electron chi connectivity index (χ0n) is 7.77. The summed E-state index contributed by atoms with van der Waals surface area (Å²) >= 11 is 5.74. The summed E-state index contributed by atoms with van der Waals surface area (Å²) in [5.41, 5.74) is 1.07. The van der Waals surface area contributed by atoms with Crippen LogP contribution >= 0.6 is 11.6 Å². The fraction of sp³-hybridized carbons (Fsp3) is 0.400. The summed E-state index contributed by atoms with van der Waals surface area (Å²) in [6.07, 6.45) is 2.05.